The number of amides is 2. The van der Waals surface area contributed by atoms with E-state index in [0.29, 0.717) is 33.9 Å². The zero-order chi connectivity index (χ0) is 25.2. The molecule has 0 saturated carbocycles. The van der Waals surface area contributed by atoms with Gasteiger partial charge >= 0.3 is 5.97 Å². The Balaban J connectivity index is 1.48. The lowest BCUT2D eigenvalue weighted by atomic mass is 10.2. The number of rotatable bonds is 9. The van der Waals surface area contributed by atoms with Crippen molar-refractivity contribution in [1.29, 1.82) is 0 Å². The third-order valence-corrected chi connectivity index (χ3v) is 5.58. The molecule has 10 heteroatoms. The Morgan fingerprint density at radius 3 is 2.34 bits per heavy atom. The van der Waals surface area contributed by atoms with Gasteiger partial charge in [-0.25, -0.2) is 10.2 Å². The van der Waals surface area contributed by atoms with E-state index < -0.39 is 11.9 Å². The number of hydrazone groups is 1. The van der Waals surface area contributed by atoms with Gasteiger partial charge in [0.1, 0.15) is 5.75 Å². The van der Waals surface area contributed by atoms with Crippen molar-refractivity contribution in [3.63, 3.8) is 0 Å². The first-order valence-corrected chi connectivity index (χ1v) is 11.4. The number of carbonyl (C=O) groups is 3. The van der Waals surface area contributed by atoms with Crippen molar-refractivity contribution in [1.82, 2.24) is 10.7 Å². The molecule has 3 aromatic rings. The Kier molecular flexibility index (Phi) is 9.18. The van der Waals surface area contributed by atoms with E-state index in [1.807, 2.05) is 12.1 Å². The molecule has 3 aromatic carbocycles. The summed E-state index contributed by atoms with van der Waals surface area (Å²) in [5, 5.41) is 6.42. The summed E-state index contributed by atoms with van der Waals surface area (Å²) in [6.07, 6.45) is 1.43. The van der Waals surface area contributed by atoms with Crippen molar-refractivity contribution in [3.05, 3.63) is 87.0 Å². The molecule has 0 atom stereocenters. The minimum atomic E-state index is -0.549. The van der Waals surface area contributed by atoms with Crippen molar-refractivity contribution in [3.8, 4) is 17.2 Å². The Bertz CT molecular complexity index is 1240. The number of halogens is 1. The zero-order valence-electron chi connectivity index (χ0n) is 18.9. The van der Waals surface area contributed by atoms with Crippen LogP contribution in [0.25, 0.3) is 0 Å². The fraction of sp³-hybridized carbons (Fsp3) is 0.120. The summed E-state index contributed by atoms with van der Waals surface area (Å²) in [5.41, 5.74) is 3.82. The molecule has 2 N–H and O–H groups in total. The lowest BCUT2D eigenvalue weighted by molar-refractivity contribution is -0.120. The van der Waals surface area contributed by atoms with Gasteiger partial charge in [0.2, 0.25) is 0 Å². The number of esters is 1. The molecule has 0 aromatic heterocycles. The maximum Gasteiger partial charge on any atom is 0.343 e. The third-order valence-electron chi connectivity index (χ3n) is 4.64. The van der Waals surface area contributed by atoms with E-state index in [1.165, 1.54) is 26.5 Å². The highest BCUT2D eigenvalue weighted by Gasteiger charge is 2.13. The van der Waals surface area contributed by atoms with Crippen LogP contribution in [0.1, 0.15) is 26.3 Å². The van der Waals surface area contributed by atoms with Gasteiger partial charge < -0.3 is 19.5 Å². The summed E-state index contributed by atoms with van der Waals surface area (Å²) < 4.78 is 16.5. The monoisotopic (exact) mass is 587 g/mol. The molecule has 0 saturated heterocycles. The van der Waals surface area contributed by atoms with E-state index in [1.54, 1.807) is 48.5 Å². The number of carbonyl (C=O) groups excluding carboxylic acids is 3. The number of hydrogen-bond donors (Lipinski definition) is 2. The Morgan fingerprint density at radius 2 is 1.66 bits per heavy atom. The van der Waals surface area contributed by atoms with E-state index in [4.69, 9.17) is 14.2 Å². The molecule has 0 fully saturated rings. The van der Waals surface area contributed by atoms with Gasteiger partial charge in [-0.15, -0.1) is 0 Å². The molecule has 0 aliphatic carbocycles. The van der Waals surface area contributed by atoms with Crippen LogP contribution < -0.4 is 25.0 Å². The minimum Gasteiger partial charge on any atom is -0.493 e. The maximum atomic E-state index is 12.4. The van der Waals surface area contributed by atoms with Gasteiger partial charge in [-0.05, 0) is 82.8 Å². The number of ether oxygens (including phenoxy) is 3. The number of benzene rings is 3. The van der Waals surface area contributed by atoms with Crippen LogP contribution in [0.15, 0.2) is 71.8 Å². The van der Waals surface area contributed by atoms with Crippen LogP contribution >= 0.6 is 22.6 Å². The third kappa shape index (κ3) is 7.27. The summed E-state index contributed by atoms with van der Waals surface area (Å²) in [5.74, 6) is -0.0949. The summed E-state index contributed by atoms with van der Waals surface area (Å²) in [6.45, 7) is -0.216. The van der Waals surface area contributed by atoms with Gasteiger partial charge in [-0.2, -0.15) is 5.10 Å². The van der Waals surface area contributed by atoms with Gasteiger partial charge in [0, 0.05) is 3.57 Å². The van der Waals surface area contributed by atoms with Gasteiger partial charge in [0.25, 0.3) is 11.8 Å². The lowest BCUT2D eigenvalue weighted by Gasteiger charge is -2.09. The van der Waals surface area contributed by atoms with Crippen LogP contribution in [0.4, 0.5) is 0 Å². The number of nitrogens with zero attached hydrogens (tertiary/aromatic N) is 1. The fourth-order valence-corrected chi connectivity index (χ4v) is 3.50. The van der Waals surface area contributed by atoms with Crippen molar-refractivity contribution in [2.45, 2.75) is 0 Å². The fourth-order valence-electron chi connectivity index (χ4n) is 2.87. The Morgan fingerprint density at radius 1 is 0.943 bits per heavy atom. The molecule has 0 aliphatic heterocycles. The van der Waals surface area contributed by atoms with E-state index in [0.717, 1.165) is 3.57 Å². The first-order chi connectivity index (χ1) is 16.9. The standard InChI is InChI=1S/C25H22IN3O6/c1-33-21-12-9-17(13-22(21)34-2)25(32)35-18-10-7-16(8-11-18)14-28-29-23(30)15-27-24(31)19-5-3-4-6-20(19)26/h3-14H,15H2,1-2H3,(H,27,31)(H,29,30)/b28-14-. The van der Waals surface area contributed by atoms with Crippen LogP contribution in [0.5, 0.6) is 17.2 Å². The van der Waals surface area contributed by atoms with Crippen molar-refractivity contribution in [2.24, 2.45) is 5.10 Å². The SMILES string of the molecule is COc1ccc(C(=O)Oc2ccc(/C=N\NC(=O)CNC(=O)c3ccccc3I)cc2)cc1OC. The molecule has 35 heavy (non-hydrogen) atoms. The molecule has 0 aliphatic rings. The van der Waals surface area contributed by atoms with E-state index in [9.17, 15) is 14.4 Å². The van der Waals surface area contributed by atoms with Gasteiger partial charge in [-0.3, -0.25) is 9.59 Å². The molecule has 0 spiro atoms. The molecule has 0 unspecified atom stereocenters. The lowest BCUT2D eigenvalue weighted by Crippen LogP contribution is -2.35. The molecule has 9 nitrogen and oxygen atoms in total. The Hall–Kier alpha value is -3.93. The summed E-state index contributed by atoms with van der Waals surface area (Å²) in [6, 6.07) is 18.4. The van der Waals surface area contributed by atoms with Gasteiger partial charge in [0.15, 0.2) is 11.5 Å². The number of hydrogen-bond acceptors (Lipinski definition) is 7. The second-order valence-electron chi connectivity index (χ2n) is 6.98. The molecule has 2 amide bonds. The predicted octanol–water partition coefficient (Wildman–Crippen LogP) is 3.41. The molecule has 0 heterocycles. The van der Waals surface area contributed by atoms with Crippen LogP contribution in [0, 0.1) is 3.57 Å². The average Bonchev–Trinajstić information content (AvgIpc) is 2.88. The second kappa shape index (κ2) is 12.5. The largest absolute Gasteiger partial charge is 0.493 e. The van der Waals surface area contributed by atoms with E-state index in [-0.39, 0.29) is 12.5 Å². The van der Waals surface area contributed by atoms with E-state index >= 15 is 0 Å². The number of nitrogens with one attached hydrogen (secondary N) is 2. The minimum absolute atomic E-state index is 0.216. The molecule has 3 rings (SSSR count). The highest BCUT2D eigenvalue weighted by molar-refractivity contribution is 14.1. The van der Waals surface area contributed by atoms with Crippen molar-refractivity contribution in [2.75, 3.05) is 20.8 Å². The Labute approximate surface area is 215 Å². The van der Waals surface area contributed by atoms with Crippen LogP contribution in [0.2, 0.25) is 0 Å². The molecule has 0 radical (unpaired) electrons. The van der Waals surface area contributed by atoms with E-state index in [2.05, 4.69) is 38.4 Å². The smallest absolute Gasteiger partial charge is 0.343 e. The quantitative estimate of drug-likeness (QED) is 0.130. The summed E-state index contributed by atoms with van der Waals surface area (Å²) >= 11 is 2.06. The van der Waals surface area contributed by atoms with Gasteiger partial charge in [0.05, 0.1) is 38.1 Å². The highest BCUT2D eigenvalue weighted by Crippen LogP contribution is 2.28. The summed E-state index contributed by atoms with van der Waals surface area (Å²) in [4.78, 5) is 36.5. The topological polar surface area (TPSA) is 115 Å². The van der Waals surface area contributed by atoms with Gasteiger partial charge in [-0.1, -0.05) is 12.1 Å². The van der Waals surface area contributed by atoms with Crippen molar-refractivity contribution >= 4 is 46.6 Å². The second-order valence-corrected chi connectivity index (χ2v) is 8.15. The molecule has 180 valence electrons. The molecule has 0 bridgehead atoms. The normalized spacial score (nSPS) is 10.5. The molecular formula is C25H22IN3O6. The highest BCUT2D eigenvalue weighted by atomic mass is 127. The zero-order valence-corrected chi connectivity index (χ0v) is 21.1. The van der Waals surface area contributed by atoms with Crippen LogP contribution in [-0.4, -0.2) is 44.8 Å². The maximum absolute atomic E-state index is 12.4. The van der Waals surface area contributed by atoms with Crippen molar-refractivity contribution < 1.29 is 28.6 Å². The number of methoxy groups -OCH3 is 2. The molecular weight excluding hydrogens is 565 g/mol. The summed E-state index contributed by atoms with van der Waals surface area (Å²) in [7, 11) is 2.99. The first-order valence-electron chi connectivity index (χ1n) is 10.3. The van der Waals surface area contributed by atoms with Crippen LogP contribution in [0.3, 0.4) is 0 Å². The first kappa shape index (κ1) is 25.7. The van der Waals surface area contributed by atoms with Crippen LogP contribution in [-0.2, 0) is 4.79 Å². The predicted molar refractivity (Wildman–Crippen MR) is 138 cm³/mol. The average molecular weight is 587 g/mol.